The van der Waals surface area contributed by atoms with E-state index in [1.165, 1.54) is 12.1 Å². The highest BCUT2D eigenvalue weighted by Gasteiger charge is 2.00. The van der Waals surface area contributed by atoms with Gasteiger partial charge >= 0.3 is 0 Å². The molecule has 1 N–H and O–H groups in total. The Morgan fingerprint density at radius 2 is 1.65 bits per heavy atom. The topological polar surface area (TPSA) is 21.3 Å². The van der Waals surface area contributed by atoms with Crippen molar-refractivity contribution in [3.8, 4) is 5.75 Å². The van der Waals surface area contributed by atoms with Crippen molar-refractivity contribution in [2.75, 3.05) is 13.2 Å². The van der Waals surface area contributed by atoms with Crippen LogP contribution in [0.25, 0.3) is 0 Å². The fourth-order valence-corrected chi connectivity index (χ4v) is 1.85. The van der Waals surface area contributed by atoms with E-state index in [-0.39, 0.29) is 0 Å². The fourth-order valence-electron chi connectivity index (χ4n) is 1.85. The van der Waals surface area contributed by atoms with Crippen LogP contribution in [0.1, 0.15) is 12.0 Å². The van der Waals surface area contributed by atoms with Gasteiger partial charge in [-0.3, -0.25) is 0 Å². The zero-order chi connectivity index (χ0) is 14.2. The maximum Gasteiger partial charge on any atom is 0.126 e. The SMILES string of the molecule is Fc1cc(F)cc(CNCCCOc2ccccc2)c1. The van der Waals surface area contributed by atoms with Gasteiger partial charge in [-0.1, -0.05) is 18.2 Å². The average Bonchev–Trinajstić information content (AvgIpc) is 2.43. The molecular formula is C16H17F2NO. The van der Waals surface area contributed by atoms with E-state index in [1.54, 1.807) is 0 Å². The Labute approximate surface area is 117 Å². The maximum atomic E-state index is 13.0. The fraction of sp³-hybridized carbons (Fsp3) is 0.250. The highest BCUT2D eigenvalue weighted by Crippen LogP contribution is 2.09. The van der Waals surface area contributed by atoms with Crippen LogP contribution in [0.5, 0.6) is 5.75 Å². The van der Waals surface area contributed by atoms with Gasteiger partial charge in [-0.05, 0) is 42.8 Å². The molecule has 0 radical (unpaired) electrons. The summed E-state index contributed by atoms with van der Waals surface area (Å²) >= 11 is 0. The number of halogens is 2. The first-order valence-electron chi connectivity index (χ1n) is 6.57. The summed E-state index contributed by atoms with van der Waals surface area (Å²) in [6.45, 7) is 1.78. The van der Waals surface area contributed by atoms with Crippen LogP contribution in [0.4, 0.5) is 8.78 Å². The normalized spacial score (nSPS) is 10.5. The molecule has 0 unspecified atom stereocenters. The van der Waals surface area contributed by atoms with Gasteiger partial charge in [0.2, 0.25) is 0 Å². The standard InChI is InChI=1S/C16H17F2NO/c17-14-9-13(10-15(18)11-14)12-19-7-4-8-20-16-5-2-1-3-6-16/h1-3,5-6,9-11,19H,4,7-8,12H2. The Hall–Kier alpha value is -1.94. The van der Waals surface area contributed by atoms with E-state index in [0.717, 1.165) is 24.8 Å². The number of rotatable bonds is 7. The third-order valence-corrected chi connectivity index (χ3v) is 2.76. The van der Waals surface area contributed by atoms with E-state index in [4.69, 9.17) is 4.74 Å². The Bertz CT molecular complexity index is 511. The number of benzene rings is 2. The Kier molecular flexibility index (Phi) is 5.50. The highest BCUT2D eigenvalue weighted by molar-refractivity contribution is 5.20. The first-order chi connectivity index (χ1) is 9.74. The third-order valence-electron chi connectivity index (χ3n) is 2.76. The Balaban J connectivity index is 1.62. The molecule has 2 nitrogen and oxygen atoms in total. The third kappa shape index (κ3) is 4.97. The quantitative estimate of drug-likeness (QED) is 0.782. The molecule has 0 saturated heterocycles. The van der Waals surface area contributed by atoms with Crippen molar-refractivity contribution >= 4 is 0 Å². The van der Waals surface area contributed by atoms with E-state index >= 15 is 0 Å². The summed E-state index contributed by atoms with van der Waals surface area (Å²) in [4.78, 5) is 0. The first kappa shape index (κ1) is 14.5. The zero-order valence-corrected chi connectivity index (χ0v) is 11.1. The second kappa shape index (κ2) is 7.60. The van der Waals surface area contributed by atoms with Gasteiger partial charge in [-0.25, -0.2) is 8.78 Å². The van der Waals surface area contributed by atoms with Gasteiger partial charge in [0.15, 0.2) is 0 Å². The molecule has 0 aliphatic carbocycles. The summed E-state index contributed by atoms with van der Waals surface area (Å²) in [7, 11) is 0. The molecule has 2 aromatic rings. The summed E-state index contributed by atoms with van der Waals surface area (Å²) in [6, 6.07) is 13.1. The zero-order valence-electron chi connectivity index (χ0n) is 11.1. The number of hydrogen-bond donors (Lipinski definition) is 1. The molecular weight excluding hydrogens is 260 g/mol. The smallest absolute Gasteiger partial charge is 0.126 e. The number of ether oxygens (including phenoxy) is 1. The average molecular weight is 277 g/mol. The number of para-hydroxylation sites is 1. The maximum absolute atomic E-state index is 13.0. The van der Waals surface area contributed by atoms with Gasteiger partial charge in [-0.2, -0.15) is 0 Å². The van der Waals surface area contributed by atoms with E-state index < -0.39 is 11.6 Å². The van der Waals surface area contributed by atoms with Crippen LogP contribution in [0.3, 0.4) is 0 Å². The predicted octanol–water partition coefficient (Wildman–Crippen LogP) is 3.52. The van der Waals surface area contributed by atoms with Gasteiger partial charge in [0, 0.05) is 12.6 Å². The van der Waals surface area contributed by atoms with Crippen molar-refractivity contribution in [3.63, 3.8) is 0 Å². The summed E-state index contributed by atoms with van der Waals surface area (Å²) < 4.78 is 31.5. The predicted molar refractivity (Wildman–Crippen MR) is 74.6 cm³/mol. The van der Waals surface area contributed by atoms with E-state index in [1.807, 2.05) is 30.3 Å². The van der Waals surface area contributed by atoms with Crippen LogP contribution in [0.15, 0.2) is 48.5 Å². The molecule has 0 amide bonds. The molecule has 0 bridgehead atoms. The molecule has 0 aromatic heterocycles. The minimum absolute atomic E-state index is 0.444. The minimum Gasteiger partial charge on any atom is -0.494 e. The van der Waals surface area contributed by atoms with Crippen LogP contribution in [0, 0.1) is 11.6 Å². The summed E-state index contributed by atoms with van der Waals surface area (Å²) in [5.74, 6) is -0.247. The van der Waals surface area contributed by atoms with Crippen molar-refractivity contribution in [2.45, 2.75) is 13.0 Å². The lowest BCUT2D eigenvalue weighted by molar-refractivity contribution is 0.308. The Morgan fingerprint density at radius 3 is 2.35 bits per heavy atom. The van der Waals surface area contributed by atoms with Gasteiger partial charge in [-0.15, -0.1) is 0 Å². The van der Waals surface area contributed by atoms with Crippen molar-refractivity contribution in [1.82, 2.24) is 5.32 Å². The van der Waals surface area contributed by atoms with Crippen LogP contribution in [-0.2, 0) is 6.54 Å². The van der Waals surface area contributed by atoms with Crippen molar-refractivity contribution in [1.29, 1.82) is 0 Å². The molecule has 0 spiro atoms. The van der Waals surface area contributed by atoms with Gasteiger partial charge in [0.25, 0.3) is 0 Å². The molecule has 2 rings (SSSR count). The molecule has 0 aliphatic rings. The molecule has 0 fully saturated rings. The molecule has 4 heteroatoms. The molecule has 0 atom stereocenters. The summed E-state index contributed by atoms with van der Waals surface area (Å²) in [5.41, 5.74) is 0.603. The van der Waals surface area contributed by atoms with E-state index in [9.17, 15) is 8.78 Å². The minimum atomic E-state index is -0.547. The first-order valence-corrected chi connectivity index (χ1v) is 6.57. The number of hydrogen-bond acceptors (Lipinski definition) is 2. The van der Waals surface area contributed by atoms with Gasteiger partial charge < -0.3 is 10.1 Å². The molecule has 2 aromatic carbocycles. The second-order valence-corrected chi connectivity index (χ2v) is 4.47. The van der Waals surface area contributed by atoms with Crippen LogP contribution in [0.2, 0.25) is 0 Å². The van der Waals surface area contributed by atoms with Crippen molar-refractivity contribution < 1.29 is 13.5 Å². The van der Waals surface area contributed by atoms with Gasteiger partial charge in [0.1, 0.15) is 17.4 Å². The second-order valence-electron chi connectivity index (χ2n) is 4.47. The van der Waals surface area contributed by atoms with Crippen LogP contribution in [-0.4, -0.2) is 13.2 Å². The van der Waals surface area contributed by atoms with E-state index in [0.29, 0.717) is 18.7 Å². The van der Waals surface area contributed by atoms with Gasteiger partial charge in [0.05, 0.1) is 6.61 Å². The van der Waals surface area contributed by atoms with Crippen LogP contribution < -0.4 is 10.1 Å². The van der Waals surface area contributed by atoms with Crippen molar-refractivity contribution in [3.05, 3.63) is 65.7 Å². The largest absolute Gasteiger partial charge is 0.494 e. The van der Waals surface area contributed by atoms with E-state index in [2.05, 4.69) is 5.32 Å². The summed E-state index contributed by atoms with van der Waals surface area (Å²) in [6.07, 6.45) is 0.826. The van der Waals surface area contributed by atoms with Crippen molar-refractivity contribution in [2.24, 2.45) is 0 Å². The number of nitrogens with one attached hydrogen (secondary N) is 1. The molecule has 0 heterocycles. The highest BCUT2D eigenvalue weighted by atomic mass is 19.1. The molecule has 106 valence electrons. The monoisotopic (exact) mass is 277 g/mol. The Morgan fingerprint density at radius 1 is 0.950 bits per heavy atom. The molecule has 0 aliphatic heterocycles. The lowest BCUT2D eigenvalue weighted by atomic mass is 10.2. The van der Waals surface area contributed by atoms with Crippen LogP contribution >= 0.6 is 0 Å². The lowest BCUT2D eigenvalue weighted by Gasteiger charge is -2.07. The molecule has 0 saturated carbocycles. The molecule has 20 heavy (non-hydrogen) atoms. The summed E-state index contributed by atoms with van der Waals surface area (Å²) in [5, 5.41) is 3.13. The lowest BCUT2D eigenvalue weighted by Crippen LogP contribution is -2.17.